The maximum Gasteiger partial charge on any atom is 0.326 e. The minimum Gasteiger partial charge on any atom is -0.493 e. The van der Waals surface area contributed by atoms with Crippen LogP contribution < -0.4 is 9.47 Å². The van der Waals surface area contributed by atoms with Crippen molar-refractivity contribution in [1.29, 1.82) is 0 Å². The van der Waals surface area contributed by atoms with Crippen LogP contribution in [-0.4, -0.2) is 42.3 Å². The molecule has 2 aromatic carbocycles. The predicted octanol–water partition coefficient (Wildman–Crippen LogP) is 4.53. The van der Waals surface area contributed by atoms with Crippen LogP contribution in [0.5, 0.6) is 11.5 Å². The third-order valence-corrected chi connectivity index (χ3v) is 5.38. The molecule has 0 aliphatic carbocycles. The maximum absolute atomic E-state index is 12.5. The molecule has 31 heavy (non-hydrogen) atoms. The Morgan fingerprint density at radius 1 is 1.16 bits per heavy atom. The van der Waals surface area contributed by atoms with Crippen molar-refractivity contribution in [2.24, 2.45) is 0 Å². The van der Waals surface area contributed by atoms with Gasteiger partial charge < -0.3 is 14.2 Å². The molecule has 1 aliphatic rings. The van der Waals surface area contributed by atoms with Gasteiger partial charge in [-0.1, -0.05) is 29.8 Å². The topological polar surface area (TPSA) is 82.1 Å². The number of ether oxygens (including phenoxy) is 3. The Morgan fingerprint density at radius 2 is 1.97 bits per heavy atom. The SMILES string of the molecule is CCOC(=O)CN1C(=O)S/C(=C\c2ccc(OCc3cccc(Cl)c3)c(OC)c2)C1=O. The minimum absolute atomic E-state index is 0.177. The zero-order valence-electron chi connectivity index (χ0n) is 16.9. The number of hydrogen-bond donors (Lipinski definition) is 0. The predicted molar refractivity (Wildman–Crippen MR) is 118 cm³/mol. The van der Waals surface area contributed by atoms with Crippen molar-refractivity contribution in [2.75, 3.05) is 20.3 Å². The van der Waals surface area contributed by atoms with Crippen LogP contribution in [0.4, 0.5) is 4.79 Å². The molecule has 0 aromatic heterocycles. The van der Waals surface area contributed by atoms with E-state index in [-0.39, 0.29) is 11.5 Å². The van der Waals surface area contributed by atoms with Crippen LogP contribution in [0.2, 0.25) is 5.02 Å². The number of esters is 1. The summed E-state index contributed by atoms with van der Waals surface area (Å²) in [5.41, 5.74) is 1.56. The van der Waals surface area contributed by atoms with Crippen molar-refractivity contribution >= 4 is 46.6 Å². The van der Waals surface area contributed by atoms with Crippen molar-refractivity contribution in [3.63, 3.8) is 0 Å². The number of imide groups is 1. The first-order valence-corrected chi connectivity index (χ1v) is 10.6. The van der Waals surface area contributed by atoms with E-state index in [9.17, 15) is 14.4 Å². The van der Waals surface area contributed by atoms with Gasteiger partial charge in [0, 0.05) is 5.02 Å². The molecule has 0 unspecified atom stereocenters. The van der Waals surface area contributed by atoms with Crippen LogP contribution in [-0.2, 0) is 20.9 Å². The molecule has 2 aromatic rings. The molecule has 162 valence electrons. The number of halogens is 1. The summed E-state index contributed by atoms with van der Waals surface area (Å²) in [7, 11) is 1.51. The summed E-state index contributed by atoms with van der Waals surface area (Å²) in [6.07, 6.45) is 1.57. The van der Waals surface area contributed by atoms with Crippen LogP contribution in [0.3, 0.4) is 0 Å². The standard InChI is InChI=1S/C22H20ClNO6S/c1-3-29-20(25)12-24-21(26)19(31-22(24)27)11-14-7-8-17(18(10-14)28-2)30-13-15-5-4-6-16(23)9-15/h4-11H,3,12-13H2,1-2H3/b19-11-. The molecule has 7 nitrogen and oxygen atoms in total. The Morgan fingerprint density at radius 3 is 2.68 bits per heavy atom. The van der Waals surface area contributed by atoms with Crippen LogP contribution in [0.15, 0.2) is 47.4 Å². The molecule has 0 saturated carbocycles. The van der Waals surface area contributed by atoms with Gasteiger partial charge in [0.05, 0.1) is 18.6 Å². The van der Waals surface area contributed by atoms with Crippen molar-refractivity contribution < 1.29 is 28.6 Å². The fourth-order valence-corrected chi connectivity index (χ4v) is 3.86. The number of methoxy groups -OCH3 is 1. The highest BCUT2D eigenvalue weighted by Gasteiger charge is 2.36. The van der Waals surface area contributed by atoms with Crippen molar-refractivity contribution in [1.82, 2.24) is 4.90 Å². The van der Waals surface area contributed by atoms with E-state index in [1.807, 2.05) is 18.2 Å². The Balaban J connectivity index is 1.73. The fourth-order valence-electron chi connectivity index (χ4n) is 2.80. The second-order valence-corrected chi connectivity index (χ2v) is 7.83. The van der Waals surface area contributed by atoms with Gasteiger partial charge in [0.15, 0.2) is 11.5 Å². The smallest absolute Gasteiger partial charge is 0.326 e. The average molecular weight is 462 g/mol. The lowest BCUT2D eigenvalue weighted by atomic mass is 10.1. The number of nitrogens with zero attached hydrogens (tertiary/aromatic N) is 1. The van der Waals surface area contributed by atoms with Gasteiger partial charge in [-0.25, -0.2) is 0 Å². The van der Waals surface area contributed by atoms with E-state index in [1.165, 1.54) is 7.11 Å². The highest BCUT2D eigenvalue weighted by Crippen LogP contribution is 2.34. The Hall–Kier alpha value is -2.97. The Bertz CT molecular complexity index is 1040. The number of carbonyl (C=O) groups is 3. The first kappa shape index (κ1) is 22.7. The van der Waals surface area contributed by atoms with E-state index in [1.54, 1.807) is 37.3 Å². The van der Waals surface area contributed by atoms with Gasteiger partial charge >= 0.3 is 5.97 Å². The summed E-state index contributed by atoms with van der Waals surface area (Å²) in [5, 5.41) is 0.109. The van der Waals surface area contributed by atoms with E-state index in [4.69, 9.17) is 25.8 Å². The van der Waals surface area contributed by atoms with Crippen LogP contribution in [0.25, 0.3) is 6.08 Å². The van der Waals surface area contributed by atoms with E-state index in [2.05, 4.69) is 0 Å². The monoisotopic (exact) mass is 461 g/mol. The lowest BCUT2D eigenvalue weighted by Gasteiger charge is -2.12. The molecule has 0 atom stereocenters. The molecule has 1 fully saturated rings. The summed E-state index contributed by atoms with van der Waals surface area (Å²) in [6.45, 7) is 1.73. The summed E-state index contributed by atoms with van der Waals surface area (Å²) in [6, 6.07) is 12.5. The number of hydrogen-bond acceptors (Lipinski definition) is 7. The first-order chi connectivity index (χ1) is 14.9. The quantitative estimate of drug-likeness (QED) is 0.422. The zero-order valence-corrected chi connectivity index (χ0v) is 18.5. The van der Waals surface area contributed by atoms with Gasteiger partial charge in [-0.05, 0) is 60.2 Å². The average Bonchev–Trinajstić information content (AvgIpc) is 3.00. The van der Waals surface area contributed by atoms with Crippen molar-refractivity contribution in [2.45, 2.75) is 13.5 Å². The number of rotatable bonds is 8. The van der Waals surface area contributed by atoms with Gasteiger partial charge in [0.25, 0.3) is 11.1 Å². The normalized spacial score (nSPS) is 14.8. The Labute approximate surface area is 188 Å². The molecule has 0 N–H and O–H groups in total. The molecular weight excluding hydrogens is 442 g/mol. The van der Waals surface area contributed by atoms with Crippen molar-refractivity contribution in [3.8, 4) is 11.5 Å². The second kappa shape index (κ2) is 10.4. The maximum atomic E-state index is 12.5. The summed E-state index contributed by atoms with van der Waals surface area (Å²) < 4.78 is 16.0. The lowest BCUT2D eigenvalue weighted by Crippen LogP contribution is -2.34. The van der Waals surface area contributed by atoms with Gasteiger partial charge in [0.2, 0.25) is 0 Å². The third-order valence-electron chi connectivity index (χ3n) is 4.23. The molecule has 9 heteroatoms. The minimum atomic E-state index is -0.631. The molecular formula is C22H20ClNO6S. The zero-order chi connectivity index (χ0) is 22.4. The van der Waals surface area contributed by atoms with Crippen LogP contribution in [0.1, 0.15) is 18.1 Å². The summed E-state index contributed by atoms with van der Waals surface area (Å²) in [5.74, 6) is -0.172. The molecule has 0 bridgehead atoms. The molecule has 0 spiro atoms. The molecule has 3 rings (SSSR count). The van der Waals surface area contributed by atoms with E-state index >= 15 is 0 Å². The number of amides is 2. The number of benzene rings is 2. The first-order valence-electron chi connectivity index (χ1n) is 9.37. The van der Waals surface area contributed by atoms with Crippen molar-refractivity contribution in [3.05, 3.63) is 63.5 Å². The van der Waals surface area contributed by atoms with E-state index in [0.29, 0.717) is 28.7 Å². The van der Waals surface area contributed by atoms with Crippen LogP contribution >= 0.6 is 23.4 Å². The molecule has 1 saturated heterocycles. The molecule has 1 aliphatic heterocycles. The third kappa shape index (κ3) is 5.80. The summed E-state index contributed by atoms with van der Waals surface area (Å²) >= 11 is 6.76. The number of thioether (sulfide) groups is 1. The largest absolute Gasteiger partial charge is 0.493 e. The molecule has 2 amide bonds. The van der Waals surface area contributed by atoms with Gasteiger partial charge in [-0.15, -0.1) is 0 Å². The van der Waals surface area contributed by atoms with Gasteiger partial charge in [-0.3, -0.25) is 19.3 Å². The van der Waals surface area contributed by atoms with Gasteiger partial charge in [0.1, 0.15) is 13.2 Å². The van der Waals surface area contributed by atoms with Gasteiger partial charge in [-0.2, -0.15) is 0 Å². The van der Waals surface area contributed by atoms with E-state index < -0.39 is 23.7 Å². The Kier molecular flexibility index (Phi) is 7.59. The molecule has 1 heterocycles. The highest BCUT2D eigenvalue weighted by atomic mass is 35.5. The summed E-state index contributed by atoms with van der Waals surface area (Å²) in [4.78, 5) is 37.3. The van der Waals surface area contributed by atoms with Crippen LogP contribution in [0, 0.1) is 0 Å². The second-order valence-electron chi connectivity index (χ2n) is 6.40. The number of carbonyl (C=O) groups excluding carboxylic acids is 3. The fraction of sp³-hybridized carbons (Fsp3) is 0.227. The lowest BCUT2D eigenvalue weighted by molar-refractivity contribution is -0.145. The molecule has 0 radical (unpaired) electrons. The highest BCUT2D eigenvalue weighted by molar-refractivity contribution is 8.18. The van der Waals surface area contributed by atoms with E-state index in [0.717, 1.165) is 22.2 Å².